The molecule has 0 atom stereocenters. The van der Waals surface area contributed by atoms with Gasteiger partial charge in [0, 0.05) is 11.9 Å². The largest absolute Gasteiger partial charge is 0.504 e. The molecule has 150 valence electrons. The number of benzene rings is 1. The van der Waals surface area contributed by atoms with Crippen molar-refractivity contribution in [2.45, 2.75) is 13.1 Å². The van der Waals surface area contributed by atoms with Crippen LogP contribution in [0.25, 0.3) is 5.69 Å². The molecule has 2 amide bonds. The van der Waals surface area contributed by atoms with Gasteiger partial charge in [0.1, 0.15) is 0 Å². The molecule has 0 saturated heterocycles. The van der Waals surface area contributed by atoms with Gasteiger partial charge in [-0.1, -0.05) is 12.1 Å². The third-order valence-corrected chi connectivity index (χ3v) is 3.83. The van der Waals surface area contributed by atoms with Gasteiger partial charge in [-0.2, -0.15) is 18.3 Å². The Kier molecular flexibility index (Phi) is 5.22. The lowest BCUT2D eigenvalue weighted by Crippen LogP contribution is -2.41. The molecule has 3 rings (SSSR count). The fraction of sp³-hybridized carbons (Fsp3) is 0.111. The van der Waals surface area contributed by atoms with Crippen LogP contribution in [0.1, 0.15) is 32.1 Å². The number of alkyl halides is 3. The molecule has 8 nitrogen and oxygen atoms in total. The number of aryl methyl sites for hydroxylation is 1. The molecule has 0 bridgehead atoms. The third-order valence-electron chi connectivity index (χ3n) is 3.83. The van der Waals surface area contributed by atoms with E-state index in [1.54, 1.807) is 13.0 Å². The van der Waals surface area contributed by atoms with Crippen LogP contribution in [0.2, 0.25) is 0 Å². The lowest BCUT2D eigenvalue weighted by Gasteiger charge is -2.12. The Hall–Kier alpha value is -3.89. The Morgan fingerprint density at radius 3 is 2.41 bits per heavy atom. The quantitative estimate of drug-likeness (QED) is 0.580. The molecule has 2 aromatic heterocycles. The van der Waals surface area contributed by atoms with Gasteiger partial charge < -0.3 is 5.11 Å². The summed E-state index contributed by atoms with van der Waals surface area (Å²) < 4.78 is 40.2. The number of pyridine rings is 1. The first-order chi connectivity index (χ1) is 13.7. The summed E-state index contributed by atoms with van der Waals surface area (Å²) >= 11 is 0. The summed E-state index contributed by atoms with van der Waals surface area (Å²) in [4.78, 5) is 28.1. The first-order valence-corrected chi connectivity index (χ1v) is 8.15. The van der Waals surface area contributed by atoms with Gasteiger partial charge in [0.25, 0.3) is 11.8 Å². The lowest BCUT2D eigenvalue weighted by atomic mass is 10.2. The number of aromatic nitrogens is 3. The SMILES string of the molecule is Cc1ccc(C(=O)NNC(=O)c2nn(-c3ccccc3C(F)(F)F)cc2O)cn1. The van der Waals surface area contributed by atoms with Crippen LogP contribution in [0.4, 0.5) is 13.2 Å². The van der Waals surface area contributed by atoms with E-state index in [4.69, 9.17) is 0 Å². The first kappa shape index (κ1) is 19.9. The lowest BCUT2D eigenvalue weighted by molar-refractivity contribution is -0.137. The predicted molar refractivity (Wildman–Crippen MR) is 94.1 cm³/mol. The first-order valence-electron chi connectivity index (χ1n) is 8.15. The number of amides is 2. The van der Waals surface area contributed by atoms with Crippen molar-refractivity contribution in [1.82, 2.24) is 25.6 Å². The van der Waals surface area contributed by atoms with Crippen molar-refractivity contribution in [3.05, 3.63) is 71.3 Å². The number of halogens is 3. The highest BCUT2D eigenvalue weighted by Crippen LogP contribution is 2.34. The van der Waals surface area contributed by atoms with Crippen LogP contribution in [-0.2, 0) is 6.18 Å². The number of nitrogens with zero attached hydrogens (tertiary/aromatic N) is 3. The number of hydrogen-bond acceptors (Lipinski definition) is 5. The molecule has 3 N–H and O–H groups in total. The van der Waals surface area contributed by atoms with E-state index in [0.717, 1.165) is 23.0 Å². The second-order valence-corrected chi connectivity index (χ2v) is 5.92. The topological polar surface area (TPSA) is 109 Å². The second-order valence-electron chi connectivity index (χ2n) is 5.92. The zero-order chi connectivity index (χ0) is 21.2. The monoisotopic (exact) mass is 405 g/mol. The average Bonchev–Trinajstić information content (AvgIpc) is 3.07. The van der Waals surface area contributed by atoms with Crippen molar-refractivity contribution >= 4 is 11.8 Å². The van der Waals surface area contributed by atoms with Crippen LogP contribution in [-0.4, -0.2) is 31.7 Å². The van der Waals surface area contributed by atoms with Gasteiger partial charge in [0.05, 0.1) is 23.0 Å². The highest BCUT2D eigenvalue weighted by atomic mass is 19.4. The summed E-state index contributed by atoms with van der Waals surface area (Å²) in [5.74, 6) is -2.35. The number of rotatable bonds is 3. The minimum Gasteiger partial charge on any atom is -0.504 e. The number of aromatic hydroxyl groups is 1. The summed E-state index contributed by atoms with van der Waals surface area (Å²) in [5, 5.41) is 13.6. The number of carbonyl (C=O) groups is 2. The standard InChI is InChI=1S/C18H14F3N5O3/c1-10-6-7-11(8-22-10)16(28)23-24-17(29)15-14(27)9-26(25-15)13-5-3-2-4-12(13)18(19,20)21/h2-9,27H,1H3,(H,23,28)(H,24,29). The van der Waals surface area contributed by atoms with Crippen molar-refractivity contribution in [1.29, 1.82) is 0 Å². The molecule has 0 aliphatic rings. The number of para-hydroxylation sites is 1. The van der Waals surface area contributed by atoms with Crippen molar-refractivity contribution in [3.63, 3.8) is 0 Å². The summed E-state index contributed by atoms with van der Waals surface area (Å²) in [6.45, 7) is 1.74. The molecule has 0 unspecified atom stereocenters. The zero-order valence-electron chi connectivity index (χ0n) is 14.9. The number of hydrazine groups is 1. The van der Waals surface area contributed by atoms with Crippen molar-refractivity contribution in [2.75, 3.05) is 0 Å². The molecular weight excluding hydrogens is 391 g/mol. The van der Waals surface area contributed by atoms with Crippen LogP contribution in [0.3, 0.4) is 0 Å². The van der Waals surface area contributed by atoms with Crippen LogP contribution in [0, 0.1) is 6.92 Å². The number of nitrogens with one attached hydrogen (secondary N) is 2. The normalized spacial score (nSPS) is 11.2. The highest BCUT2D eigenvalue weighted by molar-refractivity contribution is 5.99. The Labute approximate surface area is 162 Å². The van der Waals surface area contributed by atoms with Crippen LogP contribution < -0.4 is 10.9 Å². The molecule has 0 aliphatic heterocycles. The fourth-order valence-corrected chi connectivity index (χ4v) is 2.41. The van der Waals surface area contributed by atoms with Gasteiger partial charge in [-0.15, -0.1) is 0 Å². The molecule has 0 radical (unpaired) electrons. The fourth-order valence-electron chi connectivity index (χ4n) is 2.41. The molecule has 0 spiro atoms. The molecule has 1 aromatic carbocycles. The summed E-state index contributed by atoms with van der Waals surface area (Å²) in [6.07, 6.45) is -2.49. The highest BCUT2D eigenvalue weighted by Gasteiger charge is 2.34. The van der Waals surface area contributed by atoms with E-state index in [0.29, 0.717) is 5.69 Å². The molecular formula is C18H14F3N5O3. The van der Waals surface area contributed by atoms with E-state index in [9.17, 15) is 27.9 Å². The minimum absolute atomic E-state index is 0.171. The van der Waals surface area contributed by atoms with Crippen LogP contribution in [0.15, 0.2) is 48.8 Å². The molecule has 2 heterocycles. The van der Waals surface area contributed by atoms with Gasteiger partial charge in [-0.05, 0) is 31.2 Å². The summed E-state index contributed by atoms with van der Waals surface area (Å²) in [6, 6.07) is 7.65. The van der Waals surface area contributed by atoms with Gasteiger partial charge in [0.15, 0.2) is 11.4 Å². The molecule has 0 aliphatic carbocycles. The number of hydrogen-bond donors (Lipinski definition) is 3. The molecule has 29 heavy (non-hydrogen) atoms. The van der Waals surface area contributed by atoms with E-state index < -0.39 is 35.0 Å². The second kappa shape index (κ2) is 7.62. The summed E-state index contributed by atoms with van der Waals surface area (Å²) in [7, 11) is 0. The van der Waals surface area contributed by atoms with Crippen molar-refractivity contribution in [3.8, 4) is 11.4 Å². The Morgan fingerprint density at radius 1 is 1.07 bits per heavy atom. The zero-order valence-corrected chi connectivity index (χ0v) is 14.9. The molecule has 0 saturated carbocycles. The van der Waals surface area contributed by atoms with Crippen LogP contribution in [0.5, 0.6) is 5.75 Å². The summed E-state index contributed by atoms with van der Waals surface area (Å²) in [5.41, 5.74) is 3.09. The van der Waals surface area contributed by atoms with Gasteiger partial charge in [-0.3, -0.25) is 25.4 Å². The Morgan fingerprint density at radius 2 is 1.76 bits per heavy atom. The smallest absolute Gasteiger partial charge is 0.418 e. The van der Waals surface area contributed by atoms with E-state index in [2.05, 4.69) is 15.5 Å². The van der Waals surface area contributed by atoms with Crippen molar-refractivity contribution in [2.24, 2.45) is 0 Å². The minimum atomic E-state index is -4.66. The Balaban J connectivity index is 1.78. The maximum Gasteiger partial charge on any atom is 0.418 e. The van der Waals surface area contributed by atoms with Gasteiger partial charge in [0.2, 0.25) is 0 Å². The van der Waals surface area contributed by atoms with Gasteiger partial charge >= 0.3 is 6.18 Å². The Bertz CT molecular complexity index is 1060. The van der Waals surface area contributed by atoms with E-state index in [1.807, 2.05) is 5.43 Å². The van der Waals surface area contributed by atoms with Crippen LogP contribution >= 0.6 is 0 Å². The van der Waals surface area contributed by atoms with E-state index >= 15 is 0 Å². The maximum atomic E-state index is 13.2. The molecule has 3 aromatic rings. The van der Waals surface area contributed by atoms with E-state index in [-0.39, 0.29) is 11.3 Å². The molecule has 0 fully saturated rings. The molecule has 11 heteroatoms. The third kappa shape index (κ3) is 4.34. The van der Waals surface area contributed by atoms with E-state index in [1.165, 1.54) is 24.4 Å². The van der Waals surface area contributed by atoms with Crippen molar-refractivity contribution < 1.29 is 27.9 Å². The number of carbonyl (C=O) groups excluding carboxylic acids is 2. The average molecular weight is 405 g/mol. The maximum absolute atomic E-state index is 13.2. The predicted octanol–water partition coefficient (Wildman–Crippen LogP) is 2.37. The van der Waals surface area contributed by atoms with Gasteiger partial charge in [-0.25, -0.2) is 4.68 Å².